The third-order valence-electron chi connectivity index (χ3n) is 4.05. The lowest BCUT2D eigenvalue weighted by Crippen LogP contribution is -2.13. The van der Waals surface area contributed by atoms with E-state index in [1.165, 1.54) is 23.1 Å². The number of thiazole rings is 1. The first kappa shape index (κ1) is 17.8. The average Bonchev–Trinajstić information content (AvgIpc) is 2.97. The molecule has 0 saturated carbocycles. The molecule has 0 fully saturated rings. The SMILES string of the molecule is CSc1nc(C)c(CCC(=O)Nc2nc3c(C)cccc3s2)c(C)n1. The number of fused-ring (bicyclic) bond motifs is 1. The Morgan fingerprint density at radius 1 is 1.16 bits per heavy atom. The van der Waals surface area contributed by atoms with Gasteiger partial charge in [-0.15, -0.1) is 0 Å². The predicted octanol–water partition coefficient (Wildman–Crippen LogP) is 4.30. The zero-order chi connectivity index (χ0) is 18.0. The summed E-state index contributed by atoms with van der Waals surface area (Å²) in [5, 5.41) is 4.33. The van der Waals surface area contributed by atoms with Gasteiger partial charge in [-0.3, -0.25) is 4.79 Å². The highest BCUT2D eigenvalue weighted by atomic mass is 32.2. The number of aryl methyl sites for hydroxylation is 3. The van der Waals surface area contributed by atoms with Crippen molar-refractivity contribution < 1.29 is 4.79 Å². The van der Waals surface area contributed by atoms with Crippen LogP contribution in [0.2, 0.25) is 0 Å². The van der Waals surface area contributed by atoms with E-state index in [2.05, 4.69) is 20.3 Å². The molecule has 0 saturated heterocycles. The van der Waals surface area contributed by atoms with Crippen LogP contribution in [0.1, 0.15) is 28.9 Å². The molecule has 0 atom stereocenters. The zero-order valence-corrected chi connectivity index (χ0v) is 16.3. The number of carbonyl (C=O) groups is 1. The molecule has 0 unspecified atom stereocenters. The normalized spacial score (nSPS) is 11.0. The molecule has 1 N–H and O–H groups in total. The molecule has 1 amide bonds. The Hall–Kier alpha value is -1.99. The molecule has 2 aromatic heterocycles. The summed E-state index contributed by atoms with van der Waals surface area (Å²) in [4.78, 5) is 25.8. The highest BCUT2D eigenvalue weighted by Crippen LogP contribution is 2.28. The third kappa shape index (κ3) is 3.99. The molecule has 7 heteroatoms. The summed E-state index contributed by atoms with van der Waals surface area (Å²) in [6, 6.07) is 6.05. The Balaban J connectivity index is 1.67. The van der Waals surface area contributed by atoms with Gasteiger partial charge in [-0.05, 0) is 50.6 Å². The minimum absolute atomic E-state index is 0.0375. The number of aromatic nitrogens is 3. The second-order valence-corrected chi connectivity index (χ2v) is 7.65. The number of nitrogens with zero attached hydrogens (tertiary/aromatic N) is 3. The number of hydrogen-bond acceptors (Lipinski definition) is 6. The summed E-state index contributed by atoms with van der Waals surface area (Å²) in [6.45, 7) is 5.97. The minimum atomic E-state index is -0.0375. The quantitative estimate of drug-likeness (QED) is 0.534. The minimum Gasteiger partial charge on any atom is -0.302 e. The molecule has 0 bridgehead atoms. The number of carbonyl (C=O) groups excluding carboxylic acids is 1. The second kappa shape index (κ2) is 7.49. The van der Waals surface area contributed by atoms with Crippen molar-refractivity contribution in [2.45, 2.75) is 38.8 Å². The molecule has 3 rings (SSSR count). The lowest BCUT2D eigenvalue weighted by Gasteiger charge is -2.09. The molecular weight excluding hydrogens is 352 g/mol. The monoisotopic (exact) mass is 372 g/mol. The Kier molecular flexibility index (Phi) is 5.34. The number of thioether (sulfide) groups is 1. The van der Waals surface area contributed by atoms with Gasteiger partial charge in [0.2, 0.25) is 5.91 Å². The third-order valence-corrected chi connectivity index (χ3v) is 5.54. The molecule has 0 aliphatic carbocycles. The number of hydrogen-bond donors (Lipinski definition) is 1. The van der Waals surface area contributed by atoms with Crippen molar-refractivity contribution in [3.8, 4) is 0 Å². The summed E-state index contributed by atoms with van der Waals surface area (Å²) in [6.07, 6.45) is 2.97. The lowest BCUT2D eigenvalue weighted by atomic mass is 10.1. The molecule has 5 nitrogen and oxygen atoms in total. The number of para-hydroxylation sites is 1. The van der Waals surface area contributed by atoms with E-state index < -0.39 is 0 Å². The predicted molar refractivity (Wildman–Crippen MR) is 105 cm³/mol. The Morgan fingerprint density at radius 3 is 2.52 bits per heavy atom. The Morgan fingerprint density at radius 2 is 1.88 bits per heavy atom. The highest BCUT2D eigenvalue weighted by molar-refractivity contribution is 7.98. The maximum absolute atomic E-state index is 12.3. The van der Waals surface area contributed by atoms with Crippen LogP contribution in [0, 0.1) is 20.8 Å². The molecular formula is C18H20N4OS2. The van der Waals surface area contributed by atoms with Gasteiger partial charge in [0, 0.05) is 17.8 Å². The van der Waals surface area contributed by atoms with Crippen LogP contribution in [0.25, 0.3) is 10.2 Å². The number of rotatable bonds is 5. The van der Waals surface area contributed by atoms with Crippen LogP contribution in [-0.4, -0.2) is 27.1 Å². The lowest BCUT2D eigenvalue weighted by molar-refractivity contribution is -0.116. The number of nitrogens with one attached hydrogen (secondary N) is 1. The first-order valence-electron chi connectivity index (χ1n) is 8.02. The fourth-order valence-corrected chi connectivity index (χ4v) is 4.14. The number of amides is 1. The average molecular weight is 373 g/mol. The van der Waals surface area contributed by atoms with E-state index in [9.17, 15) is 4.79 Å². The van der Waals surface area contributed by atoms with E-state index in [4.69, 9.17) is 0 Å². The summed E-state index contributed by atoms with van der Waals surface area (Å²) in [5.74, 6) is -0.0375. The van der Waals surface area contributed by atoms with Gasteiger partial charge in [-0.1, -0.05) is 35.2 Å². The molecule has 2 heterocycles. The van der Waals surface area contributed by atoms with Crippen molar-refractivity contribution >= 4 is 44.4 Å². The van der Waals surface area contributed by atoms with Gasteiger partial charge in [0.1, 0.15) is 0 Å². The summed E-state index contributed by atoms with van der Waals surface area (Å²) in [7, 11) is 0. The van der Waals surface area contributed by atoms with Crippen LogP contribution < -0.4 is 5.32 Å². The van der Waals surface area contributed by atoms with E-state index >= 15 is 0 Å². The van der Waals surface area contributed by atoms with Crippen LogP contribution >= 0.6 is 23.1 Å². The van der Waals surface area contributed by atoms with Crippen molar-refractivity contribution in [2.24, 2.45) is 0 Å². The van der Waals surface area contributed by atoms with E-state index in [0.717, 1.165) is 37.9 Å². The maximum atomic E-state index is 12.3. The summed E-state index contributed by atoms with van der Waals surface area (Å²) in [5.41, 5.74) is 5.01. The molecule has 1 aromatic carbocycles. The van der Waals surface area contributed by atoms with Gasteiger partial charge in [0.15, 0.2) is 10.3 Å². The maximum Gasteiger partial charge on any atom is 0.226 e. The Bertz CT molecular complexity index is 913. The van der Waals surface area contributed by atoms with Crippen molar-refractivity contribution in [1.29, 1.82) is 0 Å². The standard InChI is InChI=1S/C18H20N4OS2/c1-10-6-5-7-14-16(10)22-18(25-14)21-15(23)9-8-13-11(2)19-17(24-4)20-12(13)3/h5-7H,8-9H2,1-4H3,(H,21,22,23). The topological polar surface area (TPSA) is 67.8 Å². The molecule has 25 heavy (non-hydrogen) atoms. The first-order chi connectivity index (χ1) is 12.0. The second-order valence-electron chi connectivity index (χ2n) is 5.85. The van der Waals surface area contributed by atoms with Gasteiger partial charge in [-0.2, -0.15) is 0 Å². The molecule has 130 valence electrons. The molecule has 0 aliphatic rings. The van der Waals surface area contributed by atoms with Crippen molar-refractivity contribution in [2.75, 3.05) is 11.6 Å². The number of benzene rings is 1. The largest absolute Gasteiger partial charge is 0.302 e. The van der Waals surface area contributed by atoms with Gasteiger partial charge in [-0.25, -0.2) is 15.0 Å². The molecule has 3 aromatic rings. The fourth-order valence-electron chi connectivity index (χ4n) is 2.72. The van der Waals surface area contributed by atoms with Crippen molar-refractivity contribution in [3.63, 3.8) is 0 Å². The van der Waals surface area contributed by atoms with Crippen LogP contribution in [-0.2, 0) is 11.2 Å². The van der Waals surface area contributed by atoms with Crippen LogP contribution in [0.15, 0.2) is 23.4 Å². The van der Waals surface area contributed by atoms with Gasteiger partial charge < -0.3 is 5.32 Å². The van der Waals surface area contributed by atoms with E-state index in [1.807, 2.05) is 45.2 Å². The molecule has 0 spiro atoms. The summed E-state index contributed by atoms with van der Waals surface area (Å²) < 4.78 is 1.09. The highest BCUT2D eigenvalue weighted by Gasteiger charge is 2.12. The van der Waals surface area contributed by atoms with Gasteiger partial charge in [0.25, 0.3) is 0 Å². The van der Waals surface area contributed by atoms with Crippen LogP contribution in [0.5, 0.6) is 0 Å². The summed E-state index contributed by atoms with van der Waals surface area (Å²) >= 11 is 3.03. The van der Waals surface area contributed by atoms with Crippen molar-refractivity contribution in [3.05, 3.63) is 40.7 Å². The van der Waals surface area contributed by atoms with Crippen LogP contribution in [0.3, 0.4) is 0 Å². The van der Waals surface area contributed by atoms with E-state index in [1.54, 1.807) is 0 Å². The first-order valence-corrected chi connectivity index (χ1v) is 10.1. The van der Waals surface area contributed by atoms with E-state index in [0.29, 0.717) is 18.0 Å². The van der Waals surface area contributed by atoms with Gasteiger partial charge >= 0.3 is 0 Å². The molecule has 0 aliphatic heterocycles. The fraction of sp³-hybridized carbons (Fsp3) is 0.333. The Labute approximate surface area is 155 Å². The zero-order valence-electron chi connectivity index (χ0n) is 14.7. The smallest absolute Gasteiger partial charge is 0.226 e. The number of anilines is 1. The van der Waals surface area contributed by atoms with Gasteiger partial charge in [0.05, 0.1) is 10.2 Å². The van der Waals surface area contributed by atoms with E-state index in [-0.39, 0.29) is 5.91 Å². The van der Waals surface area contributed by atoms with Crippen molar-refractivity contribution in [1.82, 2.24) is 15.0 Å². The van der Waals surface area contributed by atoms with Crippen LogP contribution in [0.4, 0.5) is 5.13 Å². The molecule has 0 radical (unpaired) electrons.